The molecule has 0 aliphatic carbocycles. The van der Waals surface area contributed by atoms with Gasteiger partial charge in [0.25, 0.3) is 0 Å². The number of rotatable bonds is 4. The average Bonchev–Trinajstić information content (AvgIpc) is 3.04. The highest BCUT2D eigenvalue weighted by molar-refractivity contribution is 6.32. The highest BCUT2D eigenvalue weighted by atomic mass is 35.5. The Morgan fingerprint density at radius 1 is 1.30 bits per heavy atom. The maximum atomic E-state index is 6.22. The first kappa shape index (κ1) is 16.0. The summed E-state index contributed by atoms with van der Waals surface area (Å²) in [6.07, 6.45) is -0.0361. The van der Waals surface area contributed by atoms with Crippen LogP contribution in [-0.2, 0) is 4.74 Å². The number of ether oxygens (including phenoxy) is 3. The minimum atomic E-state index is -0.124. The highest BCUT2D eigenvalue weighted by Gasteiger charge is 2.28. The average molecular weight is 340 g/mol. The number of halogens is 1. The Bertz CT molecular complexity index is 691. The van der Waals surface area contributed by atoms with Crippen LogP contribution in [0, 0.1) is 0 Å². The molecule has 0 radical (unpaired) electrons. The van der Waals surface area contributed by atoms with E-state index in [1.807, 2.05) is 6.92 Å². The normalized spacial score (nSPS) is 21.2. The van der Waals surface area contributed by atoms with Crippen LogP contribution in [0.5, 0.6) is 11.5 Å². The van der Waals surface area contributed by atoms with Crippen molar-refractivity contribution in [1.29, 1.82) is 0 Å². The topological polar surface area (TPSA) is 78.6 Å². The van der Waals surface area contributed by atoms with Gasteiger partial charge < -0.3 is 24.1 Å². The van der Waals surface area contributed by atoms with Crippen LogP contribution in [-0.4, -0.2) is 43.6 Å². The summed E-state index contributed by atoms with van der Waals surface area (Å²) in [4.78, 5) is 4.45. The van der Waals surface area contributed by atoms with E-state index in [2.05, 4.69) is 15.5 Å². The third kappa shape index (κ3) is 3.12. The lowest BCUT2D eigenvalue weighted by atomic mass is 10.1. The van der Waals surface area contributed by atoms with E-state index in [1.54, 1.807) is 19.2 Å². The summed E-state index contributed by atoms with van der Waals surface area (Å²) in [6, 6.07) is 3.35. The van der Waals surface area contributed by atoms with E-state index in [1.165, 1.54) is 7.11 Å². The number of nitrogens with zero attached hydrogens (tertiary/aromatic N) is 2. The van der Waals surface area contributed by atoms with Gasteiger partial charge in [-0.2, -0.15) is 4.98 Å². The summed E-state index contributed by atoms with van der Waals surface area (Å²) < 4.78 is 21.5. The van der Waals surface area contributed by atoms with Gasteiger partial charge in [0.1, 0.15) is 6.04 Å². The van der Waals surface area contributed by atoms with Crippen LogP contribution in [0.4, 0.5) is 0 Å². The first-order valence-corrected chi connectivity index (χ1v) is 7.62. The lowest BCUT2D eigenvalue weighted by Gasteiger charge is -2.27. The molecule has 0 spiro atoms. The molecule has 3 rings (SSSR count). The maximum absolute atomic E-state index is 6.22. The second kappa shape index (κ2) is 6.74. The van der Waals surface area contributed by atoms with Crippen LogP contribution in [0.3, 0.4) is 0 Å². The zero-order valence-corrected chi connectivity index (χ0v) is 13.9. The molecule has 8 heteroatoms. The number of aromatic nitrogens is 2. The molecule has 2 heterocycles. The van der Waals surface area contributed by atoms with Crippen molar-refractivity contribution in [2.75, 3.05) is 27.4 Å². The largest absolute Gasteiger partial charge is 0.493 e. The van der Waals surface area contributed by atoms with Crippen LogP contribution >= 0.6 is 11.6 Å². The van der Waals surface area contributed by atoms with Crippen molar-refractivity contribution in [3.05, 3.63) is 23.0 Å². The van der Waals surface area contributed by atoms with E-state index >= 15 is 0 Å². The molecule has 1 aliphatic heterocycles. The van der Waals surface area contributed by atoms with Crippen LogP contribution in [0.15, 0.2) is 16.7 Å². The van der Waals surface area contributed by atoms with Gasteiger partial charge in [-0.3, -0.25) is 0 Å². The van der Waals surface area contributed by atoms with Crippen LogP contribution in [0.1, 0.15) is 18.9 Å². The fraction of sp³-hybridized carbons (Fsp3) is 0.467. The fourth-order valence-corrected chi connectivity index (χ4v) is 2.82. The Morgan fingerprint density at radius 2 is 2.13 bits per heavy atom. The monoisotopic (exact) mass is 339 g/mol. The van der Waals surface area contributed by atoms with Crippen molar-refractivity contribution in [3.63, 3.8) is 0 Å². The lowest BCUT2D eigenvalue weighted by molar-refractivity contribution is -0.00136. The van der Waals surface area contributed by atoms with Gasteiger partial charge in [-0.15, -0.1) is 0 Å². The van der Waals surface area contributed by atoms with Gasteiger partial charge in [-0.25, -0.2) is 0 Å². The molecule has 1 fully saturated rings. The molecule has 0 saturated carbocycles. The van der Waals surface area contributed by atoms with Gasteiger partial charge in [-0.05, 0) is 19.1 Å². The lowest BCUT2D eigenvalue weighted by Crippen LogP contribution is -2.40. The van der Waals surface area contributed by atoms with Crippen LogP contribution in [0.25, 0.3) is 11.4 Å². The Hall–Kier alpha value is -1.83. The number of hydrogen-bond acceptors (Lipinski definition) is 7. The van der Waals surface area contributed by atoms with Gasteiger partial charge in [0, 0.05) is 12.1 Å². The summed E-state index contributed by atoms with van der Waals surface area (Å²) in [5, 5.41) is 7.76. The van der Waals surface area contributed by atoms with Gasteiger partial charge in [0.05, 0.1) is 32.0 Å². The van der Waals surface area contributed by atoms with E-state index in [4.69, 9.17) is 30.3 Å². The standard InChI is InChI=1S/C15H18ClN3O4/c1-8-12(17-4-5-22-8)15-18-14(19-23-15)9-6-10(16)13(21-3)11(7-9)20-2/h6-8,12,17H,4-5H2,1-3H3/t8-,12+/m1/s1. The maximum Gasteiger partial charge on any atom is 0.246 e. The number of nitrogens with one attached hydrogen (secondary N) is 1. The molecule has 0 bridgehead atoms. The van der Waals surface area contributed by atoms with Crippen molar-refractivity contribution < 1.29 is 18.7 Å². The van der Waals surface area contributed by atoms with Gasteiger partial charge in [0.2, 0.25) is 11.7 Å². The number of methoxy groups -OCH3 is 2. The molecule has 23 heavy (non-hydrogen) atoms. The Morgan fingerprint density at radius 3 is 2.83 bits per heavy atom. The van der Waals surface area contributed by atoms with Crippen molar-refractivity contribution in [3.8, 4) is 22.9 Å². The third-order valence-corrected chi connectivity index (χ3v) is 4.00. The molecule has 1 aromatic carbocycles. The SMILES string of the molecule is COc1cc(-c2noc([C@H]3NCCO[C@@H]3C)n2)cc(Cl)c1OC. The first-order valence-electron chi connectivity index (χ1n) is 7.24. The Kier molecular flexibility index (Phi) is 4.70. The van der Waals surface area contributed by atoms with E-state index in [-0.39, 0.29) is 12.1 Å². The smallest absolute Gasteiger partial charge is 0.246 e. The molecule has 1 saturated heterocycles. The third-order valence-electron chi connectivity index (χ3n) is 3.72. The molecule has 7 nitrogen and oxygen atoms in total. The van der Waals surface area contributed by atoms with Crippen molar-refractivity contribution in [1.82, 2.24) is 15.5 Å². The van der Waals surface area contributed by atoms with Crippen molar-refractivity contribution >= 4 is 11.6 Å². The minimum Gasteiger partial charge on any atom is -0.493 e. The Balaban J connectivity index is 1.92. The van der Waals surface area contributed by atoms with E-state index in [9.17, 15) is 0 Å². The highest BCUT2D eigenvalue weighted by Crippen LogP contribution is 2.38. The summed E-state index contributed by atoms with van der Waals surface area (Å²) in [7, 11) is 3.08. The molecule has 0 unspecified atom stereocenters. The number of benzene rings is 1. The molecule has 1 N–H and O–H groups in total. The summed E-state index contributed by atoms with van der Waals surface area (Å²) in [6.45, 7) is 3.38. The fourth-order valence-electron chi connectivity index (χ4n) is 2.54. The predicted molar refractivity (Wildman–Crippen MR) is 84.0 cm³/mol. The van der Waals surface area contributed by atoms with Crippen LogP contribution < -0.4 is 14.8 Å². The molecule has 2 atom stereocenters. The predicted octanol–water partition coefficient (Wildman–Crippen LogP) is 2.46. The van der Waals surface area contributed by atoms with E-state index in [0.29, 0.717) is 40.4 Å². The molecule has 1 aromatic heterocycles. The molecule has 0 amide bonds. The molecule has 124 valence electrons. The van der Waals surface area contributed by atoms with Gasteiger partial charge in [0.15, 0.2) is 11.5 Å². The zero-order chi connectivity index (χ0) is 16.4. The summed E-state index contributed by atoms with van der Waals surface area (Å²) >= 11 is 6.22. The molecular weight excluding hydrogens is 322 g/mol. The molecule has 1 aliphatic rings. The zero-order valence-electron chi connectivity index (χ0n) is 13.1. The minimum absolute atomic E-state index is 0.0361. The van der Waals surface area contributed by atoms with Gasteiger partial charge >= 0.3 is 0 Å². The van der Waals surface area contributed by atoms with Crippen LogP contribution in [0.2, 0.25) is 5.02 Å². The summed E-state index contributed by atoms with van der Waals surface area (Å²) in [5.74, 6) is 1.90. The quantitative estimate of drug-likeness (QED) is 0.916. The first-order chi connectivity index (χ1) is 11.1. The molecule has 2 aromatic rings. The second-order valence-electron chi connectivity index (χ2n) is 5.16. The Labute approximate surface area is 138 Å². The van der Waals surface area contributed by atoms with E-state index in [0.717, 1.165) is 6.54 Å². The number of hydrogen-bond donors (Lipinski definition) is 1. The second-order valence-corrected chi connectivity index (χ2v) is 5.56. The molecular formula is C15H18ClN3O4. The van der Waals surface area contributed by atoms with Crippen molar-refractivity contribution in [2.45, 2.75) is 19.1 Å². The van der Waals surface area contributed by atoms with E-state index < -0.39 is 0 Å². The van der Waals surface area contributed by atoms with Gasteiger partial charge in [-0.1, -0.05) is 16.8 Å². The summed E-state index contributed by atoms with van der Waals surface area (Å²) in [5.41, 5.74) is 0.687. The number of morpholine rings is 1. The van der Waals surface area contributed by atoms with Crippen molar-refractivity contribution in [2.24, 2.45) is 0 Å².